The predicted molar refractivity (Wildman–Crippen MR) is 72.4 cm³/mol. The van der Waals surface area contributed by atoms with Crippen molar-refractivity contribution in [2.45, 2.75) is 50.3 Å². The highest BCUT2D eigenvalue weighted by atomic mass is 32.2. The zero-order valence-corrected chi connectivity index (χ0v) is 11.4. The highest BCUT2D eigenvalue weighted by Gasteiger charge is 2.22. The Labute approximate surface area is 108 Å². The quantitative estimate of drug-likeness (QED) is 0.637. The lowest BCUT2D eigenvalue weighted by Gasteiger charge is -2.29. The zero-order chi connectivity index (χ0) is 12.5. The Morgan fingerprint density at radius 3 is 3.00 bits per heavy atom. The molecule has 1 saturated carbocycles. The molecule has 0 aliphatic heterocycles. The molecule has 0 heterocycles. The molecule has 4 nitrogen and oxygen atoms in total. The molecule has 0 bridgehead atoms. The van der Waals surface area contributed by atoms with Crippen LogP contribution >= 0.6 is 11.8 Å². The van der Waals surface area contributed by atoms with Gasteiger partial charge in [0, 0.05) is 24.4 Å². The van der Waals surface area contributed by atoms with Gasteiger partial charge in [0.2, 0.25) is 0 Å². The van der Waals surface area contributed by atoms with E-state index in [1.54, 1.807) is 0 Å². The molecule has 1 rings (SSSR count). The molecular formula is C12H24N2O2S. The number of aliphatic hydroxyl groups is 1. The third-order valence-electron chi connectivity index (χ3n) is 2.98. The van der Waals surface area contributed by atoms with Gasteiger partial charge in [0.15, 0.2) is 0 Å². The maximum Gasteiger partial charge on any atom is 0.315 e. The summed E-state index contributed by atoms with van der Waals surface area (Å²) in [5.41, 5.74) is 0. The van der Waals surface area contributed by atoms with Crippen LogP contribution in [0.25, 0.3) is 0 Å². The Morgan fingerprint density at radius 1 is 1.47 bits per heavy atom. The third kappa shape index (κ3) is 6.17. The SMILES string of the molecule is CCSC1CCCC(NC(=O)NCCCO)C1. The molecule has 0 aromatic rings. The number of aliphatic hydroxyl groups excluding tert-OH is 1. The third-order valence-corrected chi connectivity index (χ3v) is 4.22. The molecular weight excluding hydrogens is 236 g/mol. The van der Waals surface area contributed by atoms with Gasteiger partial charge < -0.3 is 15.7 Å². The molecule has 1 aliphatic carbocycles. The second-order valence-electron chi connectivity index (χ2n) is 4.42. The summed E-state index contributed by atoms with van der Waals surface area (Å²) in [7, 11) is 0. The van der Waals surface area contributed by atoms with Crippen molar-refractivity contribution >= 4 is 17.8 Å². The van der Waals surface area contributed by atoms with Gasteiger partial charge in [0.05, 0.1) is 0 Å². The van der Waals surface area contributed by atoms with Gasteiger partial charge in [0.1, 0.15) is 0 Å². The average Bonchev–Trinajstić information content (AvgIpc) is 2.30. The molecule has 0 spiro atoms. The number of thioether (sulfide) groups is 1. The molecule has 5 heteroatoms. The van der Waals surface area contributed by atoms with Gasteiger partial charge in [0.25, 0.3) is 0 Å². The molecule has 1 fully saturated rings. The molecule has 3 N–H and O–H groups in total. The Morgan fingerprint density at radius 2 is 2.29 bits per heavy atom. The van der Waals surface area contributed by atoms with Crippen LogP contribution < -0.4 is 10.6 Å². The molecule has 2 unspecified atom stereocenters. The second kappa shape index (κ2) is 8.64. The lowest BCUT2D eigenvalue weighted by Crippen LogP contribution is -2.44. The summed E-state index contributed by atoms with van der Waals surface area (Å²) in [6.07, 6.45) is 5.29. The van der Waals surface area contributed by atoms with Crippen molar-refractivity contribution < 1.29 is 9.90 Å². The van der Waals surface area contributed by atoms with E-state index in [4.69, 9.17) is 5.11 Å². The molecule has 0 saturated heterocycles. The smallest absolute Gasteiger partial charge is 0.315 e. The van der Waals surface area contributed by atoms with Crippen molar-refractivity contribution in [1.82, 2.24) is 10.6 Å². The number of amides is 2. The van der Waals surface area contributed by atoms with Crippen molar-refractivity contribution in [2.75, 3.05) is 18.9 Å². The number of hydrogen-bond acceptors (Lipinski definition) is 3. The van der Waals surface area contributed by atoms with Gasteiger partial charge in [-0.25, -0.2) is 4.79 Å². The van der Waals surface area contributed by atoms with Crippen LogP contribution in [-0.2, 0) is 0 Å². The van der Waals surface area contributed by atoms with Gasteiger partial charge in [-0.05, 0) is 31.4 Å². The van der Waals surface area contributed by atoms with Gasteiger partial charge in [-0.2, -0.15) is 11.8 Å². The van der Waals surface area contributed by atoms with Crippen molar-refractivity contribution in [3.8, 4) is 0 Å². The van der Waals surface area contributed by atoms with Crippen LogP contribution in [0.3, 0.4) is 0 Å². The highest BCUT2D eigenvalue weighted by Crippen LogP contribution is 2.28. The van der Waals surface area contributed by atoms with E-state index in [1.807, 2.05) is 11.8 Å². The van der Waals surface area contributed by atoms with E-state index in [9.17, 15) is 4.79 Å². The van der Waals surface area contributed by atoms with E-state index in [0.717, 1.165) is 18.6 Å². The molecule has 2 atom stereocenters. The molecule has 0 aromatic heterocycles. The number of rotatable bonds is 6. The van der Waals surface area contributed by atoms with Gasteiger partial charge in [-0.3, -0.25) is 0 Å². The van der Waals surface area contributed by atoms with Crippen LogP contribution in [0.15, 0.2) is 0 Å². The molecule has 0 radical (unpaired) electrons. The Bertz CT molecular complexity index is 225. The van der Waals surface area contributed by atoms with Crippen LogP contribution in [-0.4, -0.2) is 41.3 Å². The van der Waals surface area contributed by atoms with Crippen LogP contribution in [0.4, 0.5) is 4.79 Å². The maximum absolute atomic E-state index is 11.5. The summed E-state index contributed by atoms with van der Waals surface area (Å²) in [4.78, 5) is 11.5. The first kappa shape index (κ1) is 14.6. The fourth-order valence-corrected chi connectivity index (χ4v) is 3.35. The largest absolute Gasteiger partial charge is 0.396 e. The average molecular weight is 260 g/mol. The second-order valence-corrected chi connectivity index (χ2v) is 6.00. The van der Waals surface area contributed by atoms with Gasteiger partial charge in [-0.15, -0.1) is 0 Å². The Balaban J connectivity index is 2.18. The van der Waals surface area contributed by atoms with E-state index in [2.05, 4.69) is 17.6 Å². The molecule has 1 aliphatic rings. The van der Waals surface area contributed by atoms with Crippen molar-refractivity contribution in [1.29, 1.82) is 0 Å². The topological polar surface area (TPSA) is 61.4 Å². The minimum atomic E-state index is -0.0920. The van der Waals surface area contributed by atoms with E-state index >= 15 is 0 Å². The van der Waals surface area contributed by atoms with Crippen LogP contribution in [0.2, 0.25) is 0 Å². The number of nitrogens with one attached hydrogen (secondary N) is 2. The summed E-state index contributed by atoms with van der Waals surface area (Å²) in [6.45, 7) is 2.85. The fraction of sp³-hybridized carbons (Fsp3) is 0.917. The summed E-state index contributed by atoms with van der Waals surface area (Å²) in [6, 6.07) is 0.229. The molecule has 2 amide bonds. The molecule has 100 valence electrons. The predicted octanol–water partition coefficient (Wildman–Crippen LogP) is 1.73. The molecule has 0 aromatic carbocycles. The zero-order valence-electron chi connectivity index (χ0n) is 10.6. The lowest BCUT2D eigenvalue weighted by atomic mass is 9.95. The fourth-order valence-electron chi connectivity index (χ4n) is 2.18. The summed E-state index contributed by atoms with van der Waals surface area (Å²) < 4.78 is 0. The van der Waals surface area contributed by atoms with Crippen molar-refractivity contribution in [2.24, 2.45) is 0 Å². The van der Waals surface area contributed by atoms with E-state index in [-0.39, 0.29) is 12.6 Å². The number of hydrogen-bond donors (Lipinski definition) is 3. The van der Waals surface area contributed by atoms with Crippen LogP contribution in [0.5, 0.6) is 0 Å². The number of carbonyl (C=O) groups is 1. The van der Waals surface area contributed by atoms with Crippen LogP contribution in [0, 0.1) is 0 Å². The molecule has 17 heavy (non-hydrogen) atoms. The van der Waals surface area contributed by atoms with E-state index < -0.39 is 0 Å². The normalized spacial score (nSPS) is 24.4. The Hall–Kier alpha value is -0.420. The summed E-state index contributed by atoms with van der Waals surface area (Å²) >= 11 is 2.00. The monoisotopic (exact) mass is 260 g/mol. The van der Waals surface area contributed by atoms with Crippen molar-refractivity contribution in [3.63, 3.8) is 0 Å². The lowest BCUT2D eigenvalue weighted by molar-refractivity contribution is 0.230. The van der Waals surface area contributed by atoms with Gasteiger partial charge in [-0.1, -0.05) is 13.3 Å². The van der Waals surface area contributed by atoms with E-state index in [1.165, 1.54) is 12.8 Å². The highest BCUT2D eigenvalue weighted by molar-refractivity contribution is 7.99. The standard InChI is InChI=1S/C12H24N2O2S/c1-2-17-11-6-3-5-10(9-11)14-12(16)13-7-4-8-15/h10-11,15H,2-9H2,1H3,(H2,13,14,16). The summed E-state index contributed by atoms with van der Waals surface area (Å²) in [5.74, 6) is 1.15. The van der Waals surface area contributed by atoms with E-state index in [0.29, 0.717) is 24.3 Å². The maximum atomic E-state index is 11.5. The minimum absolute atomic E-state index is 0.0920. The van der Waals surface area contributed by atoms with Gasteiger partial charge >= 0.3 is 6.03 Å². The summed E-state index contributed by atoms with van der Waals surface area (Å²) in [5, 5.41) is 15.1. The first-order valence-electron chi connectivity index (χ1n) is 6.53. The Kier molecular flexibility index (Phi) is 7.44. The minimum Gasteiger partial charge on any atom is -0.396 e. The number of urea groups is 1. The first-order valence-corrected chi connectivity index (χ1v) is 7.58. The first-order chi connectivity index (χ1) is 8.26. The number of carbonyl (C=O) groups excluding carboxylic acids is 1. The van der Waals surface area contributed by atoms with Crippen LogP contribution in [0.1, 0.15) is 39.0 Å². The van der Waals surface area contributed by atoms with Crippen molar-refractivity contribution in [3.05, 3.63) is 0 Å².